The molecule has 0 spiro atoms. The predicted molar refractivity (Wildman–Crippen MR) is 57.9 cm³/mol. The van der Waals surface area contributed by atoms with E-state index < -0.39 is 21.3 Å². The third-order valence-corrected chi connectivity index (χ3v) is 4.41. The highest BCUT2D eigenvalue weighted by Gasteiger charge is 2.48. The molecule has 7 heteroatoms. The van der Waals surface area contributed by atoms with E-state index in [1.165, 1.54) is 14.2 Å². The molecule has 1 unspecified atom stereocenters. The van der Waals surface area contributed by atoms with Crippen LogP contribution in [0.2, 0.25) is 0 Å². The summed E-state index contributed by atoms with van der Waals surface area (Å²) in [5.74, 6) is -0.706. The van der Waals surface area contributed by atoms with E-state index in [1.54, 1.807) is 0 Å². The largest absolute Gasteiger partial charge is 0.468 e. The number of carbonyl (C=O) groups excluding carboxylic acids is 1. The first-order chi connectivity index (χ1) is 7.46. The fourth-order valence-corrected chi connectivity index (χ4v) is 3.73. The van der Waals surface area contributed by atoms with Crippen molar-refractivity contribution in [1.29, 1.82) is 0 Å². The Hall–Kier alpha value is -0.660. The molecule has 1 rings (SSSR count). The zero-order valence-electron chi connectivity index (χ0n) is 9.49. The van der Waals surface area contributed by atoms with Crippen LogP contribution in [0.15, 0.2) is 0 Å². The number of sulfone groups is 1. The fourth-order valence-electron chi connectivity index (χ4n) is 1.81. The molecule has 1 aliphatic heterocycles. The first kappa shape index (κ1) is 13.4. The number of hydrogen-bond donors (Lipinski definition) is 1. The summed E-state index contributed by atoms with van der Waals surface area (Å²) in [6, 6.07) is 0. The lowest BCUT2D eigenvalue weighted by Crippen LogP contribution is -2.54. The standard InChI is InChI=1S/C9H17NO5S/c1-14-5-4-10-9(8(11)15-2)3-6-16(12,13)7-9/h10H,3-7H2,1-2H3. The lowest BCUT2D eigenvalue weighted by atomic mass is 9.99. The smallest absolute Gasteiger partial charge is 0.327 e. The van der Waals surface area contributed by atoms with Gasteiger partial charge in [-0.15, -0.1) is 0 Å². The van der Waals surface area contributed by atoms with Crippen LogP contribution in [0.4, 0.5) is 0 Å². The van der Waals surface area contributed by atoms with Gasteiger partial charge >= 0.3 is 5.97 Å². The van der Waals surface area contributed by atoms with E-state index in [4.69, 9.17) is 4.74 Å². The average Bonchev–Trinajstić information content (AvgIpc) is 2.55. The van der Waals surface area contributed by atoms with Crippen LogP contribution in [0.3, 0.4) is 0 Å². The van der Waals surface area contributed by atoms with E-state index in [2.05, 4.69) is 10.1 Å². The van der Waals surface area contributed by atoms with Crippen molar-refractivity contribution >= 4 is 15.8 Å². The maximum Gasteiger partial charge on any atom is 0.327 e. The summed E-state index contributed by atoms with van der Waals surface area (Å²) in [7, 11) is -0.354. The number of esters is 1. The lowest BCUT2D eigenvalue weighted by Gasteiger charge is -2.25. The van der Waals surface area contributed by atoms with Gasteiger partial charge in [-0.1, -0.05) is 0 Å². The Labute approximate surface area is 95.2 Å². The molecule has 0 bridgehead atoms. The first-order valence-electron chi connectivity index (χ1n) is 4.98. The normalized spacial score (nSPS) is 27.9. The summed E-state index contributed by atoms with van der Waals surface area (Å²) in [4.78, 5) is 11.6. The SMILES string of the molecule is COCCNC1(C(=O)OC)CCS(=O)(=O)C1. The van der Waals surface area contributed by atoms with Crippen molar-refractivity contribution in [1.82, 2.24) is 5.32 Å². The molecule has 16 heavy (non-hydrogen) atoms. The van der Waals surface area contributed by atoms with Gasteiger partial charge in [0.15, 0.2) is 9.84 Å². The van der Waals surface area contributed by atoms with Crippen molar-refractivity contribution in [2.45, 2.75) is 12.0 Å². The molecule has 0 radical (unpaired) electrons. The molecule has 0 amide bonds. The van der Waals surface area contributed by atoms with Gasteiger partial charge in [0.25, 0.3) is 0 Å². The Balaban J connectivity index is 2.75. The number of rotatable bonds is 5. The highest BCUT2D eigenvalue weighted by molar-refractivity contribution is 7.91. The lowest BCUT2D eigenvalue weighted by molar-refractivity contribution is -0.147. The van der Waals surface area contributed by atoms with Crippen LogP contribution >= 0.6 is 0 Å². The Morgan fingerprint density at radius 1 is 1.44 bits per heavy atom. The molecule has 94 valence electrons. The fraction of sp³-hybridized carbons (Fsp3) is 0.889. The topological polar surface area (TPSA) is 81.7 Å². The second-order valence-corrected chi connectivity index (χ2v) is 6.02. The van der Waals surface area contributed by atoms with Crippen molar-refractivity contribution in [3.05, 3.63) is 0 Å². The van der Waals surface area contributed by atoms with Gasteiger partial charge in [0.1, 0.15) is 5.54 Å². The third kappa shape index (κ3) is 2.93. The quantitative estimate of drug-likeness (QED) is 0.496. The molecule has 0 saturated carbocycles. The highest BCUT2D eigenvalue weighted by Crippen LogP contribution is 2.24. The first-order valence-corrected chi connectivity index (χ1v) is 6.81. The minimum atomic E-state index is -3.15. The van der Waals surface area contributed by atoms with Crippen LogP contribution in [0.1, 0.15) is 6.42 Å². The summed E-state index contributed by atoms with van der Waals surface area (Å²) in [5.41, 5.74) is -1.09. The van der Waals surface area contributed by atoms with Crippen molar-refractivity contribution < 1.29 is 22.7 Å². The zero-order chi connectivity index (χ0) is 12.2. The van der Waals surface area contributed by atoms with Crippen molar-refractivity contribution in [2.75, 3.05) is 38.9 Å². The van der Waals surface area contributed by atoms with E-state index in [9.17, 15) is 13.2 Å². The Morgan fingerprint density at radius 2 is 2.12 bits per heavy atom. The van der Waals surface area contributed by atoms with E-state index in [-0.39, 0.29) is 17.9 Å². The molecular weight excluding hydrogens is 234 g/mol. The van der Waals surface area contributed by atoms with Crippen molar-refractivity contribution in [3.63, 3.8) is 0 Å². The van der Waals surface area contributed by atoms with Crippen LogP contribution in [0.5, 0.6) is 0 Å². The molecular formula is C9H17NO5S. The Bertz CT molecular complexity index is 353. The Morgan fingerprint density at radius 3 is 2.56 bits per heavy atom. The van der Waals surface area contributed by atoms with Crippen LogP contribution in [-0.2, 0) is 24.1 Å². The monoisotopic (exact) mass is 251 g/mol. The van der Waals surface area contributed by atoms with Gasteiger partial charge in [-0.3, -0.25) is 10.1 Å². The van der Waals surface area contributed by atoms with Crippen molar-refractivity contribution in [2.24, 2.45) is 0 Å². The number of ether oxygens (including phenoxy) is 2. The molecule has 1 saturated heterocycles. The Kier molecular flexibility index (Phi) is 4.28. The van der Waals surface area contributed by atoms with Crippen molar-refractivity contribution in [3.8, 4) is 0 Å². The number of carbonyl (C=O) groups is 1. The van der Waals surface area contributed by atoms with E-state index >= 15 is 0 Å². The third-order valence-electron chi connectivity index (χ3n) is 2.65. The summed E-state index contributed by atoms with van der Waals surface area (Å²) in [6.45, 7) is 0.833. The molecule has 0 aliphatic carbocycles. The minimum absolute atomic E-state index is 0.0160. The highest BCUT2D eigenvalue weighted by atomic mass is 32.2. The molecule has 1 atom stereocenters. The predicted octanol–water partition coefficient (Wildman–Crippen LogP) is -1.05. The van der Waals surface area contributed by atoms with Gasteiger partial charge in [-0.25, -0.2) is 8.42 Å². The molecule has 1 aliphatic rings. The molecule has 0 aromatic carbocycles. The minimum Gasteiger partial charge on any atom is -0.468 e. The van der Waals surface area contributed by atoms with Gasteiger partial charge in [0.2, 0.25) is 0 Å². The summed E-state index contributed by atoms with van der Waals surface area (Å²) in [6.07, 6.45) is 0.256. The second kappa shape index (κ2) is 5.11. The molecule has 1 N–H and O–H groups in total. The van der Waals surface area contributed by atoms with Gasteiger partial charge < -0.3 is 9.47 Å². The van der Waals surface area contributed by atoms with E-state index in [1.807, 2.05) is 0 Å². The maximum atomic E-state index is 11.6. The zero-order valence-corrected chi connectivity index (χ0v) is 10.3. The summed E-state index contributed by atoms with van der Waals surface area (Å²) < 4.78 is 32.3. The molecule has 1 fully saturated rings. The van der Waals surface area contributed by atoms with Gasteiger partial charge in [-0.05, 0) is 6.42 Å². The second-order valence-electron chi connectivity index (χ2n) is 3.84. The number of hydrogen-bond acceptors (Lipinski definition) is 6. The summed E-state index contributed by atoms with van der Waals surface area (Å²) >= 11 is 0. The van der Waals surface area contributed by atoms with E-state index in [0.717, 1.165) is 0 Å². The van der Waals surface area contributed by atoms with E-state index in [0.29, 0.717) is 13.2 Å². The molecule has 0 aromatic rings. The molecule has 6 nitrogen and oxygen atoms in total. The van der Waals surface area contributed by atoms with Gasteiger partial charge in [-0.2, -0.15) is 0 Å². The molecule has 0 aromatic heterocycles. The average molecular weight is 251 g/mol. The molecule has 1 heterocycles. The van der Waals surface area contributed by atoms with Crippen LogP contribution in [-0.4, -0.2) is 58.8 Å². The maximum absolute atomic E-state index is 11.6. The van der Waals surface area contributed by atoms with Crippen LogP contribution in [0, 0.1) is 0 Å². The number of nitrogens with one attached hydrogen (secondary N) is 1. The van der Waals surface area contributed by atoms with Gasteiger partial charge in [0, 0.05) is 13.7 Å². The number of methoxy groups -OCH3 is 2. The van der Waals surface area contributed by atoms with Crippen LogP contribution < -0.4 is 5.32 Å². The van der Waals surface area contributed by atoms with Gasteiger partial charge in [0.05, 0.1) is 25.2 Å². The van der Waals surface area contributed by atoms with Crippen LogP contribution in [0.25, 0.3) is 0 Å². The summed E-state index contributed by atoms with van der Waals surface area (Å²) in [5, 5.41) is 2.92.